The fourth-order valence-corrected chi connectivity index (χ4v) is 2.22. The second kappa shape index (κ2) is 5.89. The molecule has 0 spiro atoms. The molecule has 0 aliphatic carbocycles. The Labute approximate surface area is 120 Å². The summed E-state index contributed by atoms with van der Waals surface area (Å²) in [7, 11) is 0. The summed E-state index contributed by atoms with van der Waals surface area (Å²) in [4.78, 5) is 11.1. The predicted octanol–water partition coefficient (Wildman–Crippen LogP) is 4.07. The Morgan fingerprint density at radius 1 is 1.26 bits per heavy atom. The van der Waals surface area contributed by atoms with Crippen LogP contribution in [0.3, 0.4) is 0 Å². The fraction of sp³-hybridized carbons (Fsp3) is 0.133. The lowest BCUT2D eigenvalue weighted by atomic mass is 10.1. The van der Waals surface area contributed by atoms with E-state index in [1.807, 2.05) is 37.3 Å². The second-order valence-electron chi connectivity index (χ2n) is 4.28. The molecular formula is C15H14BrNO2. The van der Waals surface area contributed by atoms with Crippen LogP contribution in [0, 0.1) is 6.92 Å². The highest BCUT2D eigenvalue weighted by Gasteiger charge is 2.08. The highest BCUT2D eigenvalue weighted by molar-refractivity contribution is 9.10. The zero-order chi connectivity index (χ0) is 13.8. The molecule has 2 aromatic carbocycles. The first-order chi connectivity index (χ1) is 9.08. The van der Waals surface area contributed by atoms with Gasteiger partial charge in [-0.2, -0.15) is 0 Å². The summed E-state index contributed by atoms with van der Waals surface area (Å²) in [5.41, 5.74) is 3.22. The van der Waals surface area contributed by atoms with Gasteiger partial charge >= 0.3 is 5.97 Å². The van der Waals surface area contributed by atoms with Gasteiger partial charge in [0.2, 0.25) is 0 Å². The molecule has 2 N–H and O–H groups in total. The number of hydrogen-bond acceptors (Lipinski definition) is 2. The summed E-state index contributed by atoms with van der Waals surface area (Å²) in [5.74, 6) is -0.900. The highest BCUT2D eigenvalue weighted by Crippen LogP contribution is 2.21. The van der Waals surface area contributed by atoms with Gasteiger partial charge in [0.15, 0.2) is 0 Å². The minimum atomic E-state index is -0.900. The monoisotopic (exact) mass is 319 g/mol. The van der Waals surface area contributed by atoms with Gasteiger partial charge in [0.05, 0.1) is 5.56 Å². The molecule has 2 aromatic rings. The normalized spacial score (nSPS) is 10.2. The number of carbonyl (C=O) groups is 1. The topological polar surface area (TPSA) is 49.3 Å². The van der Waals surface area contributed by atoms with Crippen LogP contribution < -0.4 is 5.32 Å². The molecule has 0 aromatic heterocycles. The maximum absolute atomic E-state index is 11.1. The van der Waals surface area contributed by atoms with E-state index in [4.69, 9.17) is 5.11 Å². The number of benzene rings is 2. The average Bonchev–Trinajstić information content (AvgIpc) is 2.40. The van der Waals surface area contributed by atoms with Crippen LogP contribution >= 0.6 is 15.9 Å². The van der Waals surface area contributed by atoms with E-state index >= 15 is 0 Å². The number of aromatic carboxylic acids is 1. The Kier molecular flexibility index (Phi) is 4.22. The molecule has 3 nitrogen and oxygen atoms in total. The van der Waals surface area contributed by atoms with Gasteiger partial charge in [0.25, 0.3) is 0 Å². The smallest absolute Gasteiger partial charge is 0.336 e. The van der Waals surface area contributed by atoms with Crippen molar-refractivity contribution in [3.05, 3.63) is 63.6 Å². The number of carboxylic acids is 1. The van der Waals surface area contributed by atoms with E-state index in [1.165, 1.54) is 0 Å². The summed E-state index contributed by atoms with van der Waals surface area (Å²) in [6.45, 7) is 2.50. The lowest BCUT2D eigenvalue weighted by molar-refractivity contribution is 0.0696. The maximum atomic E-state index is 11.1. The largest absolute Gasteiger partial charge is 0.478 e. The number of anilines is 1. The van der Waals surface area contributed by atoms with Gasteiger partial charge in [-0.15, -0.1) is 0 Å². The van der Waals surface area contributed by atoms with Crippen molar-refractivity contribution in [1.29, 1.82) is 0 Å². The maximum Gasteiger partial charge on any atom is 0.336 e. The highest BCUT2D eigenvalue weighted by atomic mass is 79.9. The molecule has 0 fully saturated rings. The molecule has 0 amide bonds. The molecule has 0 saturated carbocycles. The van der Waals surface area contributed by atoms with E-state index in [0.29, 0.717) is 12.1 Å². The molecule has 0 radical (unpaired) electrons. The number of aryl methyl sites for hydroxylation is 1. The van der Waals surface area contributed by atoms with E-state index in [0.717, 1.165) is 21.3 Å². The summed E-state index contributed by atoms with van der Waals surface area (Å²) in [6, 6.07) is 13.0. The third-order valence-electron chi connectivity index (χ3n) is 2.92. The third-order valence-corrected chi connectivity index (χ3v) is 3.41. The molecule has 4 heteroatoms. The first-order valence-corrected chi connectivity index (χ1v) is 6.68. The first-order valence-electron chi connectivity index (χ1n) is 5.89. The van der Waals surface area contributed by atoms with Gasteiger partial charge < -0.3 is 10.4 Å². The summed E-state index contributed by atoms with van der Waals surface area (Å²) < 4.78 is 0.993. The Bertz CT molecular complexity index is 611. The van der Waals surface area contributed by atoms with Crippen LogP contribution in [-0.2, 0) is 6.54 Å². The standard InChI is InChI=1S/C15H14BrNO2/c1-10-6-7-12(16)8-14(10)17-9-11-4-2-3-5-13(11)15(18)19/h2-8,17H,9H2,1H3,(H,18,19). The van der Waals surface area contributed by atoms with Crippen LogP contribution in [0.2, 0.25) is 0 Å². The van der Waals surface area contributed by atoms with E-state index in [9.17, 15) is 4.79 Å². The Balaban J connectivity index is 2.19. The molecule has 0 bridgehead atoms. The van der Waals surface area contributed by atoms with Crippen molar-refractivity contribution in [2.45, 2.75) is 13.5 Å². The molecule has 0 aliphatic rings. The van der Waals surface area contributed by atoms with Crippen LogP contribution in [-0.4, -0.2) is 11.1 Å². The van der Waals surface area contributed by atoms with Crippen molar-refractivity contribution in [2.75, 3.05) is 5.32 Å². The molecule has 19 heavy (non-hydrogen) atoms. The molecule has 0 unspecified atom stereocenters. The number of halogens is 1. The Hall–Kier alpha value is -1.81. The second-order valence-corrected chi connectivity index (χ2v) is 5.19. The fourth-order valence-electron chi connectivity index (χ4n) is 1.86. The average molecular weight is 320 g/mol. The van der Waals surface area contributed by atoms with Crippen LogP contribution in [0.1, 0.15) is 21.5 Å². The van der Waals surface area contributed by atoms with Crippen molar-refractivity contribution >= 4 is 27.6 Å². The van der Waals surface area contributed by atoms with Crippen molar-refractivity contribution in [3.63, 3.8) is 0 Å². The molecular weight excluding hydrogens is 306 g/mol. The Morgan fingerprint density at radius 2 is 2.00 bits per heavy atom. The lowest BCUT2D eigenvalue weighted by Gasteiger charge is -2.11. The van der Waals surface area contributed by atoms with Gasteiger partial charge in [-0.25, -0.2) is 4.79 Å². The lowest BCUT2D eigenvalue weighted by Crippen LogP contribution is -2.07. The minimum absolute atomic E-state index is 0.336. The zero-order valence-corrected chi connectivity index (χ0v) is 12.1. The molecule has 0 aliphatic heterocycles. The molecule has 0 heterocycles. The summed E-state index contributed by atoms with van der Waals surface area (Å²) in [5, 5.41) is 12.4. The zero-order valence-electron chi connectivity index (χ0n) is 10.5. The number of nitrogens with one attached hydrogen (secondary N) is 1. The first kappa shape index (κ1) is 13.6. The number of rotatable bonds is 4. The molecule has 98 valence electrons. The quantitative estimate of drug-likeness (QED) is 0.893. The SMILES string of the molecule is Cc1ccc(Br)cc1NCc1ccccc1C(=O)O. The van der Waals surface area contributed by atoms with Crippen LogP contribution in [0.15, 0.2) is 46.9 Å². The van der Waals surface area contributed by atoms with E-state index in [1.54, 1.807) is 12.1 Å². The van der Waals surface area contributed by atoms with Gasteiger partial charge in [-0.3, -0.25) is 0 Å². The summed E-state index contributed by atoms with van der Waals surface area (Å²) in [6.07, 6.45) is 0. The van der Waals surface area contributed by atoms with E-state index in [-0.39, 0.29) is 0 Å². The predicted molar refractivity (Wildman–Crippen MR) is 79.6 cm³/mol. The minimum Gasteiger partial charge on any atom is -0.478 e. The van der Waals surface area contributed by atoms with Crippen LogP contribution in [0.4, 0.5) is 5.69 Å². The van der Waals surface area contributed by atoms with Crippen molar-refractivity contribution < 1.29 is 9.90 Å². The molecule has 0 atom stereocenters. The van der Waals surface area contributed by atoms with E-state index in [2.05, 4.69) is 21.2 Å². The molecule has 2 rings (SSSR count). The Morgan fingerprint density at radius 3 is 2.74 bits per heavy atom. The van der Waals surface area contributed by atoms with Crippen molar-refractivity contribution in [1.82, 2.24) is 0 Å². The van der Waals surface area contributed by atoms with Crippen molar-refractivity contribution in [2.24, 2.45) is 0 Å². The van der Waals surface area contributed by atoms with Crippen LogP contribution in [0.5, 0.6) is 0 Å². The van der Waals surface area contributed by atoms with Crippen LogP contribution in [0.25, 0.3) is 0 Å². The molecule has 0 saturated heterocycles. The third kappa shape index (κ3) is 3.35. The van der Waals surface area contributed by atoms with Gasteiger partial charge in [0.1, 0.15) is 0 Å². The van der Waals surface area contributed by atoms with E-state index < -0.39 is 5.97 Å². The van der Waals surface area contributed by atoms with Crippen molar-refractivity contribution in [3.8, 4) is 0 Å². The van der Waals surface area contributed by atoms with Gasteiger partial charge in [0, 0.05) is 16.7 Å². The summed E-state index contributed by atoms with van der Waals surface area (Å²) >= 11 is 3.43. The van der Waals surface area contributed by atoms with Gasteiger partial charge in [-0.1, -0.05) is 40.2 Å². The number of hydrogen-bond donors (Lipinski definition) is 2. The number of carboxylic acid groups (broad SMARTS) is 1. The van der Waals surface area contributed by atoms with Gasteiger partial charge in [-0.05, 0) is 36.2 Å².